The van der Waals surface area contributed by atoms with Crippen molar-refractivity contribution in [1.82, 2.24) is 19.8 Å². The van der Waals surface area contributed by atoms with E-state index in [2.05, 4.69) is 69.8 Å². The average molecular weight is 404 g/mol. The molecular weight excluding hydrogens is 370 g/mol. The number of fused-ring (bicyclic) bond motifs is 1. The number of rotatable bonds is 3. The van der Waals surface area contributed by atoms with E-state index >= 15 is 0 Å². The molecule has 158 valence electrons. The number of likely N-dealkylation sites (tertiary alicyclic amines) is 1. The van der Waals surface area contributed by atoms with Gasteiger partial charge in [-0.05, 0) is 87.8 Å². The van der Waals surface area contributed by atoms with Gasteiger partial charge in [0.15, 0.2) is 0 Å². The number of nitrogens with one attached hydrogen (secondary N) is 1. The number of anilines is 1. The summed E-state index contributed by atoms with van der Waals surface area (Å²) in [6.07, 6.45) is 6.57. The van der Waals surface area contributed by atoms with Crippen LogP contribution in [0.5, 0.6) is 0 Å². The zero-order chi connectivity index (χ0) is 20.7. The summed E-state index contributed by atoms with van der Waals surface area (Å²) in [6, 6.07) is 9.77. The molecule has 0 atom stereocenters. The van der Waals surface area contributed by atoms with Gasteiger partial charge in [-0.1, -0.05) is 0 Å². The Morgan fingerprint density at radius 3 is 2.30 bits per heavy atom. The Hall–Kier alpha value is -2.37. The summed E-state index contributed by atoms with van der Waals surface area (Å²) in [6.45, 7) is 11.6. The van der Waals surface area contributed by atoms with E-state index < -0.39 is 0 Å². The minimum absolute atomic E-state index is 0.781. The highest BCUT2D eigenvalue weighted by molar-refractivity contribution is 5.82. The van der Waals surface area contributed by atoms with Gasteiger partial charge in [-0.25, -0.2) is 4.98 Å². The van der Waals surface area contributed by atoms with Crippen molar-refractivity contribution in [2.45, 2.75) is 32.7 Å². The number of pyridine rings is 1. The van der Waals surface area contributed by atoms with Gasteiger partial charge in [-0.2, -0.15) is 0 Å². The molecule has 5 heteroatoms. The molecular formula is C25H33N5. The summed E-state index contributed by atoms with van der Waals surface area (Å²) in [7, 11) is 2.25. The molecule has 2 aliphatic rings. The van der Waals surface area contributed by atoms with Crippen LogP contribution in [0, 0.1) is 13.8 Å². The summed E-state index contributed by atoms with van der Waals surface area (Å²) in [4.78, 5) is 15.6. The molecule has 4 heterocycles. The lowest BCUT2D eigenvalue weighted by Crippen LogP contribution is -2.53. The van der Waals surface area contributed by atoms with E-state index in [9.17, 15) is 0 Å². The van der Waals surface area contributed by atoms with Crippen molar-refractivity contribution in [1.29, 1.82) is 0 Å². The number of hydrogen-bond donors (Lipinski definition) is 1. The molecule has 2 aliphatic heterocycles. The lowest BCUT2D eigenvalue weighted by molar-refractivity contribution is 0.115. The van der Waals surface area contributed by atoms with Gasteiger partial charge in [0.1, 0.15) is 5.65 Å². The second-order valence-electron chi connectivity index (χ2n) is 9.16. The maximum atomic E-state index is 4.57. The highest BCUT2D eigenvalue weighted by atomic mass is 15.3. The fourth-order valence-corrected chi connectivity index (χ4v) is 5.39. The molecule has 1 N–H and O–H groups in total. The first-order valence-electron chi connectivity index (χ1n) is 11.3. The van der Waals surface area contributed by atoms with Gasteiger partial charge >= 0.3 is 0 Å². The molecule has 0 bridgehead atoms. The van der Waals surface area contributed by atoms with Crippen molar-refractivity contribution in [3.63, 3.8) is 0 Å². The average Bonchev–Trinajstić information content (AvgIpc) is 3.22. The molecule has 0 spiro atoms. The SMILES string of the molecule is Cc1cc(-c2cnc3[nH]ccc3c2)cc(C)c1N1CCN(C2CCN(C)CC2)CC1. The number of piperidine rings is 1. The van der Waals surface area contributed by atoms with Crippen molar-refractivity contribution in [3.8, 4) is 11.1 Å². The fourth-order valence-electron chi connectivity index (χ4n) is 5.39. The minimum Gasteiger partial charge on any atom is -0.369 e. The molecule has 0 amide bonds. The normalized spacial score (nSPS) is 19.6. The van der Waals surface area contributed by atoms with Crippen LogP contribution in [0.25, 0.3) is 22.2 Å². The predicted octanol–water partition coefficient (Wildman–Crippen LogP) is 4.06. The number of piperazine rings is 1. The summed E-state index contributed by atoms with van der Waals surface area (Å²) in [5.74, 6) is 0. The quantitative estimate of drug-likeness (QED) is 0.716. The number of H-pyrrole nitrogens is 1. The number of aromatic nitrogens is 2. The molecule has 3 aromatic rings. The smallest absolute Gasteiger partial charge is 0.137 e. The summed E-state index contributed by atoms with van der Waals surface area (Å²) in [5, 5.41) is 1.16. The van der Waals surface area contributed by atoms with Crippen LogP contribution in [0.2, 0.25) is 0 Å². The summed E-state index contributed by atoms with van der Waals surface area (Å²) < 4.78 is 0. The monoisotopic (exact) mass is 403 g/mol. The molecule has 2 saturated heterocycles. The predicted molar refractivity (Wildman–Crippen MR) is 125 cm³/mol. The molecule has 30 heavy (non-hydrogen) atoms. The third-order valence-electron chi connectivity index (χ3n) is 7.06. The van der Waals surface area contributed by atoms with E-state index in [1.165, 1.54) is 67.0 Å². The molecule has 2 aromatic heterocycles. The third kappa shape index (κ3) is 3.72. The van der Waals surface area contributed by atoms with Crippen LogP contribution in [0.3, 0.4) is 0 Å². The number of nitrogens with zero attached hydrogens (tertiary/aromatic N) is 4. The fraction of sp³-hybridized carbons (Fsp3) is 0.480. The number of aryl methyl sites for hydroxylation is 2. The summed E-state index contributed by atoms with van der Waals surface area (Å²) in [5.41, 5.74) is 7.56. The molecule has 2 fully saturated rings. The maximum absolute atomic E-state index is 4.57. The van der Waals surface area contributed by atoms with Crippen molar-refractivity contribution in [2.75, 3.05) is 51.2 Å². The number of aromatic amines is 1. The lowest BCUT2D eigenvalue weighted by Gasteiger charge is -2.43. The minimum atomic E-state index is 0.781. The van der Waals surface area contributed by atoms with Gasteiger partial charge < -0.3 is 14.8 Å². The molecule has 5 nitrogen and oxygen atoms in total. The van der Waals surface area contributed by atoms with Crippen LogP contribution in [-0.4, -0.2) is 72.1 Å². The second-order valence-corrected chi connectivity index (χ2v) is 9.16. The Morgan fingerprint density at radius 2 is 1.60 bits per heavy atom. The molecule has 5 rings (SSSR count). The van der Waals surface area contributed by atoms with Crippen molar-refractivity contribution >= 4 is 16.7 Å². The molecule has 0 unspecified atom stereocenters. The Kier molecular flexibility index (Phi) is 5.25. The van der Waals surface area contributed by atoms with Crippen molar-refractivity contribution in [3.05, 3.63) is 47.8 Å². The van der Waals surface area contributed by atoms with Gasteiger partial charge in [0.25, 0.3) is 0 Å². The van der Waals surface area contributed by atoms with E-state index in [0.29, 0.717) is 0 Å². The molecule has 0 radical (unpaired) electrons. The third-order valence-corrected chi connectivity index (χ3v) is 7.06. The van der Waals surface area contributed by atoms with Gasteiger partial charge in [0.05, 0.1) is 0 Å². The van der Waals surface area contributed by atoms with E-state index in [-0.39, 0.29) is 0 Å². The summed E-state index contributed by atoms with van der Waals surface area (Å²) >= 11 is 0. The van der Waals surface area contributed by atoms with E-state index in [1.54, 1.807) is 0 Å². The van der Waals surface area contributed by atoms with Crippen LogP contribution in [-0.2, 0) is 0 Å². The van der Waals surface area contributed by atoms with Crippen LogP contribution in [0.1, 0.15) is 24.0 Å². The van der Waals surface area contributed by atoms with E-state index in [0.717, 1.165) is 30.2 Å². The van der Waals surface area contributed by atoms with Crippen LogP contribution >= 0.6 is 0 Å². The van der Waals surface area contributed by atoms with Crippen LogP contribution in [0.4, 0.5) is 5.69 Å². The Morgan fingerprint density at radius 1 is 0.900 bits per heavy atom. The molecule has 0 aliphatic carbocycles. The Labute approximate surface area is 179 Å². The Bertz CT molecular complexity index is 1000. The molecule has 0 saturated carbocycles. The first-order chi connectivity index (χ1) is 14.6. The van der Waals surface area contributed by atoms with Gasteiger partial charge in [-0.3, -0.25) is 4.90 Å². The first-order valence-corrected chi connectivity index (χ1v) is 11.3. The van der Waals surface area contributed by atoms with E-state index in [4.69, 9.17) is 0 Å². The van der Waals surface area contributed by atoms with Gasteiger partial charge in [0.2, 0.25) is 0 Å². The van der Waals surface area contributed by atoms with Gasteiger partial charge in [0, 0.05) is 61.3 Å². The van der Waals surface area contributed by atoms with Crippen LogP contribution < -0.4 is 4.90 Å². The van der Waals surface area contributed by atoms with Crippen molar-refractivity contribution in [2.24, 2.45) is 0 Å². The van der Waals surface area contributed by atoms with Crippen molar-refractivity contribution < 1.29 is 0 Å². The van der Waals surface area contributed by atoms with E-state index in [1.807, 2.05) is 12.4 Å². The first kappa shape index (κ1) is 19.6. The second kappa shape index (κ2) is 8.05. The maximum Gasteiger partial charge on any atom is 0.137 e. The van der Waals surface area contributed by atoms with Crippen LogP contribution in [0.15, 0.2) is 36.7 Å². The number of hydrogen-bond acceptors (Lipinski definition) is 4. The lowest BCUT2D eigenvalue weighted by atomic mass is 9.98. The highest BCUT2D eigenvalue weighted by Crippen LogP contribution is 2.32. The zero-order valence-corrected chi connectivity index (χ0v) is 18.5. The molecule has 1 aromatic carbocycles. The number of benzene rings is 1. The zero-order valence-electron chi connectivity index (χ0n) is 18.5. The Balaban J connectivity index is 1.32. The van der Waals surface area contributed by atoms with Gasteiger partial charge in [-0.15, -0.1) is 0 Å². The topological polar surface area (TPSA) is 38.4 Å². The standard InChI is InChI=1S/C25H33N5/c1-18-14-21(22-16-20-4-7-26-25(20)27-17-22)15-19(2)24(18)30-12-10-29(11-13-30)23-5-8-28(3)9-6-23/h4,7,14-17,23H,5-6,8-13H2,1-3H3,(H,26,27). The largest absolute Gasteiger partial charge is 0.369 e. The highest BCUT2D eigenvalue weighted by Gasteiger charge is 2.27.